The van der Waals surface area contributed by atoms with Crippen molar-refractivity contribution in [3.05, 3.63) is 60.3 Å². The molecule has 5 rings (SSSR count). The summed E-state index contributed by atoms with van der Waals surface area (Å²) >= 11 is -0.204. The van der Waals surface area contributed by atoms with Crippen LogP contribution in [0.4, 0.5) is 23.7 Å². The molecule has 2 fully saturated rings. The van der Waals surface area contributed by atoms with Crippen LogP contribution in [-0.4, -0.2) is 69.6 Å². The molecule has 0 saturated carbocycles. The molecule has 3 heterocycles. The number of thioether (sulfide) groups is 1. The van der Waals surface area contributed by atoms with E-state index in [9.17, 15) is 27.9 Å². The molecule has 208 valence electrons. The number of piperidine rings is 2. The maximum Gasteiger partial charge on any atom is 0.446 e. The van der Waals surface area contributed by atoms with Crippen molar-refractivity contribution in [3.63, 3.8) is 0 Å². The molecule has 0 bridgehead atoms. The summed E-state index contributed by atoms with van der Waals surface area (Å²) in [5.74, 6) is -0.492. The van der Waals surface area contributed by atoms with Gasteiger partial charge < -0.3 is 20.3 Å². The van der Waals surface area contributed by atoms with Crippen molar-refractivity contribution in [1.82, 2.24) is 14.8 Å². The highest BCUT2D eigenvalue weighted by atomic mass is 32.2. The number of H-pyrrole nitrogens is 1. The highest BCUT2D eigenvalue weighted by Crippen LogP contribution is 2.37. The van der Waals surface area contributed by atoms with E-state index in [2.05, 4.69) is 33.5 Å². The average Bonchev–Trinajstić information content (AvgIpc) is 3.34. The molecule has 0 aliphatic carbocycles. The van der Waals surface area contributed by atoms with E-state index in [4.69, 9.17) is 0 Å². The first-order valence-corrected chi connectivity index (χ1v) is 13.9. The lowest BCUT2D eigenvalue weighted by atomic mass is 9.84. The quantitative estimate of drug-likeness (QED) is 0.306. The normalized spacial score (nSPS) is 18.8. The number of amides is 2. The molecule has 0 spiro atoms. The van der Waals surface area contributed by atoms with Gasteiger partial charge in [-0.2, -0.15) is 13.2 Å². The number of halogens is 3. The first-order valence-electron chi connectivity index (χ1n) is 13.1. The summed E-state index contributed by atoms with van der Waals surface area (Å²) < 4.78 is 37.6. The minimum atomic E-state index is -4.37. The van der Waals surface area contributed by atoms with Crippen LogP contribution < -0.4 is 5.32 Å². The van der Waals surface area contributed by atoms with Crippen LogP contribution in [0.2, 0.25) is 0 Å². The minimum Gasteiger partial charge on any atom is -0.480 e. The van der Waals surface area contributed by atoms with Crippen LogP contribution in [0.25, 0.3) is 10.9 Å². The molecule has 1 unspecified atom stereocenters. The van der Waals surface area contributed by atoms with E-state index in [0.717, 1.165) is 18.4 Å². The Balaban J connectivity index is 1.13. The number of carbonyl (C=O) groups is 2. The van der Waals surface area contributed by atoms with Crippen molar-refractivity contribution in [1.29, 1.82) is 0 Å². The van der Waals surface area contributed by atoms with Gasteiger partial charge in [0.1, 0.15) is 6.04 Å². The number of urea groups is 1. The number of hydrogen-bond donors (Lipinski definition) is 3. The van der Waals surface area contributed by atoms with Crippen molar-refractivity contribution in [3.8, 4) is 0 Å². The molecule has 2 aromatic carbocycles. The lowest BCUT2D eigenvalue weighted by Gasteiger charge is -2.41. The summed E-state index contributed by atoms with van der Waals surface area (Å²) in [5, 5.41) is 14.1. The molecule has 2 aliphatic heterocycles. The van der Waals surface area contributed by atoms with Crippen LogP contribution in [-0.2, 0) is 4.79 Å². The van der Waals surface area contributed by atoms with Crippen molar-refractivity contribution in [2.75, 3.05) is 31.5 Å². The van der Waals surface area contributed by atoms with Crippen LogP contribution in [0.5, 0.6) is 0 Å². The fourth-order valence-corrected chi connectivity index (χ4v) is 6.48. The number of benzene rings is 2. The maximum atomic E-state index is 12.7. The number of aromatic nitrogens is 1. The topological polar surface area (TPSA) is 88.7 Å². The van der Waals surface area contributed by atoms with Crippen molar-refractivity contribution < 1.29 is 27.9 Å². The van der Waals surface area contributed by atoms with Crippen molar-refractivity contribution in [2.45, 2.75) is 48.0 Å². The van der Waals surface area contributed by atoms with Gasteiger partial charge in [0.15, 0.2) is 0 Å². The van der Waals surface area contributed by atoms with Gasteiger partial charge in [-0.05, 0) is 98.3 Å². The van der Waals surface area contributed by atoms with E-state index in [1.807, 2.05) is 12.1 Å². The molecule has 7 nitrogen and oxygen atoms in total. The number of hydrogen-bond acceptors (Lipinski definition) is 4. The van der Waals surface area contributed by atoms with Gasteiger partial charge in [-0.15, -0.1) is 0 Å². The Bertz CT molecular complexity index is 1300. The molecule has 39 heavy (non-hydrogen) atoms. The van der Waals surface area contributed by atoms with E-state index >= 15 is 0 Å². The van der Waals surface area contributed by atoms with E-state index in [-0.39, 0.29) is 28.6 Å². The Morgan fingerprint density at radius 2 is 1.64 bits per heavy atom. The van der Waals surface area contributed by atoms with Gasteiger partial charge in [-0.25, -0.2) is 4.79 Å². The Morgan fingerprint density at radius 1 is 0.974 bits per heavy atom. The fraction of sp³-hybridized carbons (Fsp3) is 0.429. The third kappa shape index (κ3) is 6.52. The minimum absolute atomic E-state index is 0.0477. The highest BCUT2D eigenvalue weighted by molar-refractivity contribution is 8.00. The first-order chi connectivity index (χ1) is 18.7. The first kappa shape index (κ1) is 27.4. The number of carboxylic acid groups (broad SMARTS) is 1. The van der Waals surface area contributed by atoms with Crippen LogP contribution in [0.3, 0.4) is 0 Å². The monoisotopic (exact) mass is 560 g/mol. The van der Waals surface area contributed by atoms with E-state index in [1.54, 1.807) is 4.90 Å². The Morgan fingerprint density at radius 3 is 2.28 bits per heavy atom. The zero-order chi connectivity index (χ0) is 27.6. The molecule has 2 amide bonds. The second-order valence-electron chi connectivity index (χ2n) is 10.2. The van der Waals surface area contributed by atoms with Crippen LogP contribution in [0.1, 0.15) is 37.2 Å². The summed E-state index contributed by atoms with van der Waals surface area (Å²) in [6.45, 7) is 2.27. The van der Waals surface area contributed by atoms with E-state index in [0.29, 0.717) is 50.6 Å². The summed E-state index contributed by atoms with van der Waals surface area (Å²) in [5.41, 5.74) is -1.54. The van der Waals surface area contributed by atoms with E-state index < -0.39 is 17.5 Å². The smallest absolute Gasteiger partial charge is 0.446 e. The lowest BCUT2D eigenvalue weighted by Crippen LogP contribution is -2.52. The molecule has 0 radical (unpaired) electrons. The number of nitrogens with one attached hydrogen (secondary N) is 2. The zero-order valence-corrected chi connectivity index (χ0v) is 22.1. The number of anilines is 1. The summed E-state index contributed by atoms with van der Waals surface area (Å²) in [6, 6.07) is 12.8. The SMILES string of the molecule is O=C(O)C(C1CCN(C(=O)Nc2ccc(SC(F)(F)F)cc2)CC1)N1CCC(c2c[nH]c3ccccc23)CC1. The number of para-hydroxylation sites is 1. The second kappa shape index (κ2) is 11.5. The van der Waals surface area contributed by atoms with Gasteiger partial charge in [0, 0.05) is 40.8 Å². The number of nitrogens with zero attached hydrogens (tertiary/aromatic N) is 2. The van der Waals surface area contributed by atoms with Gasteiger partial charge in [-0.3, -0.25) is 9.69 Å². The standard InChI is InChI=1S/C28H31F3N4O3S/c29-28(30,31)39-21-7-5-20(6-8-21)33-27(38)35-15-11-19(12-16-35)25(26(36)37)34-13-9-18(10-14-34)23-17-32-24-4-2-1-3-22(23)24/h1-8,17-19,25,32H,9-16H2,(H,33,38)(H,36,37). The predicted molar refractivity (Wildman–Crippen MR) is 145 cm³/mol. The van der Waals surface area contributed by atoms with Crippen LogP contribution >= 0.6 is 11.8 Å². The largest absolute Gasteiger partial charge is 0.480 e. The van der Waals surface area contributed by atoms with Crippen LogP contribution in [0, 0.1) is 5.92 Å². The maximum absolute atomic E-state index is 12.7. The van der Waals surface area contributed by atoms with Crippen LogP contribution in [0.15, 0.2) is 59.6 Å². The molecule has 11 heteroatoms. The third-order valence-corrected chi connectivity index (χ3v) is 8.59. The number of aliphatic carboxylic acids is 1. The van der Waals surface area contributed by atoms with Crippen molar-refractivity contribution in [2.24, 2.45) is 5.92 Å². The molecule has 3 N–H and O–H groups in total. The Kier molecular flexibility index (Phi) is 8.08. The van der Waals surface area contributed by atoms with Gasteiger partial charge in [0.05, 0.1) is 0 Å². The zero-order valence-electron chi connectivity index (χ0n) is 21.3. The number of fused-ring (bicyclic) bond motifs is 1. The molecule has 3 aromatic rings. The van der Waals surface area contributed by atoms with Crippen molar-refractivity contribution >= 4 is 40.4 Å². The number of alkyl halides is 3. The van der Waals surface area contributed by atoms with Gasteiger partial charge >= 0.3 is 17.5 Å². The summed E-state index contributed by atoms with van der Waals surface area (Å²) in [7, 11) is 0. The number of carbonyl (C=O) groups excluding carboxylic acids is 1. The summed E-state index contributed by atoms with van der Waals surface area (Å²) in [4.78, 5) is 32.2. The number of likely N-dealkylation sites (tertiary alicyclic amines) is 2. The summed E-state index contributed by atoms with van der Waals surface area (Å²) in [6.07, 6.45) is 5.03. The average molecular weight is 561 g/mol. The Hall–Kier alpha value is -3.18. The molecule has 1 atom stereocenters. The number of carboxylic acids is 1. The van der Waals surface area contributed by atoms with Gasteiger partial charge in [0.2, 0.25) is 0 Å². The molecule has 2 saturated heterocycles. The van der Waals surface area contributed by atoms with Gasteiger partial charge in [-0.1, -0.05) is 18.2 Å². The molecular weight excluding hydrogens is 529 g/mol. The third-order valence-electron chi connectivity index (χ3n) is 7.85. The van der Waals surface area contributed by atoms with E-state index in [1.165, 1.54) is 35.2 Å². The number of rotatable bonds is 6. The molecule has 1 aromatic heterocycles. The van der Waals surface area contributed by atoms with Gasteiger partial charge in [0.25, 0.3) is 0 Å². The molecular formula is C28H31F3N4O3S. The lowest BCUT2D eigenvalue weighted by molar-refractivity contribution is -0.147. The second-order valence-corrected chi connectivity index (χ2v) is 11.3. The molecule has 2 aliphatic rings. The fourth-order valence-electron chi connectivity index (χ4n) is 5.94. The highest BCUT2D eigenvalue weighted by Gasteiger charge is 2.38. The Labute approximate surface area is 228 Å². The number of aromatic amines is 1. The predicted octanol–water partition coefficient (Wildman–Crippen LogP) is 6.36.